The van der Waals surface area contributed by atoms with Crippen LogP contribution < -0.4 is 10.6 Å². The van der Waals surface area contributed by atoms with E-state index in [1.54, 1.807) is 0 Å². The number of hydrogen-bond acceptors (Lipinski definition) is 3. The fourth-order valence-electron chi connectivity index (χ4n) is 3.47. The molecular formula is C20H27N3O2. The largest absolute Gasteiger partial charge is 0.356 e. The summed E-state index contributed by atoms with van der Waals surface area (Å²) in [6, 6.07) is 12.3. The Balaban J connectivity index is 1.58. The minimum absolute atomic E-state index is 0.0418. The predicted molar refractivity (Wildman–Crippen MR) is 98.1 cm³/mol. The monoisotopic (exact) mass is 341 g/mol. The highest BCUT2D eigenvalue weighted by molar-refractivity contribution is 5.74. The van der Waals surface area contributed by atoms with Gasteiger partial charge in [-0.3, -0.25) is 0 Å². The lowest BCUT2D eigenvalue weighted by molar-refractivity contribution is 0.0199. The van der Waals surface area contributed by atoms with Gasteiger partial charge in [-0.2, -0.15) is 0 Å². The van der Waals surface area contributed by atoms with Gasteiger partial charge in [0.05, 0.1) is 5.69 Å². The quantitative estimate of drug-likeness (QED) is 0.863. The normalized spacial score (nSPS) is 21.6. The predicted octanol–water partition coefficient (Wildman–Crippen LogP) is 4.01. The minimum atomic E-state index is -0.0840. The second kappa shape index (κ2) is 6.90. The lowest BCUT2D eigenvalue weighted by Crippen LogP contribution is -2.60. The van der Waals surface area contributed by atoms with Crippen LogP contribution in [0, 0.1) is 11.3 Å². The second-order valence-electron chi connectivity index (χ2n) is 7.83. The van der Waals surface area contributed by atoms with E-state index in [0.29, 0.717) is 5.92 Å². The molecule has 1 fully saturated rings. The van der Waals surface area contributed by atoms with Gasteiger partial charge in [-0.1, -0.05) is 49.3 Å². The van der Waals surface area contributed by atoms with Crippen molar-refractivity contribution in [2.75, 3.05) is 0 Å². The third-order valence-corrected chi connectivity index (χ3v) is 5.27. The van der Waals surface area contributed by atoms with E-state index >= 15 is 0 Å². The number of nitrogens with zero attached hydrogens (tertiary/aromatic N) is 1. The Morgan fingerprint density at radius 3 is 2.68 bits per heavy atom. The molecule has 0 saturated heterocycles. The molecule has 5 heteroatoms. The zero-order valence-electron chi connectivity index (χ0n) is 15.4. The first-order valence-corrected chi connectivity index (χ1v) is 8.94. The Kier molecular flexibility index (Phi) is 4.84. The molecule has 1 heterocycles. The Bertz CT molecular complexity index is 722. The van der Waals surface area contributed by atoms with Crippen LogP contribution in [-0.4, -0.2) is 23.3 Å². The molecule has 3 rings (SSSR count). The molecule has 2 amide bonds. The van der Waals surface area contributed by atoms with Gasteiger partial charge in [0.2, 0.25) is 0 Å². The first-order chi connectivity index (χ1) is 11.9. The third kappa shape index (κ3) is 3.86. The van der Waals surface area contributed by atoms with Crippen molar-refractivity contribution in [3.8, 4) is 11.3 Å². The van der Waals surface area contributed by atoms with Crippen LogP contribution >= 0.6 is 0 Å². The maximum Gasteiger partial charge on any atom is 0.315 e. The number of aromatic nitrogens is 1. The number of nitrogens with one attached hydrogen (secondary N) is 2. The van der Waals surface area contributed by atoms with Gasteiger partial charge >= 0.3 is 6.03 Å². The van der Waals surface area contributed by atoms with Crippen LogP contribution in [0.1, 0.15) is 39.8 Å². The zero-order valence-corrected chi connectivity index (χ0v) is 15.4. The average Bonchev–Trinajstić information content (AvgIpc) is 3.03. The number of urea groups is 1. The van der Waals surface area contributed by atoms with Gasteiger partial charge in [-0.15, -0.1) is 0 Å². The van der Waals surface area contributed by atoms with Crippen molar-refractivity contribution < 1.29 is 9.32 Å². The van der Waals surface area contributed by atoms with Crippen LogP contribution in [-0.2, 0) is 6.42 Å². The zero-order chi connectivity index (χ0) is 18.0. The summed E-state index contributed by atoms with van der Waals surface area (Å²) in [4.78, 5) is 11.9. The molecule has 1 aromatic heterocycles. The second-order valence-corrected chi connectivity index (χ2v) is 7.83. The summed E-state index contributed by atoms with van der Waals surface area (Å²) in [7, 11) is 0. The summed E-state index contributed by atoms with van der Waals surface area (Å²) in [6.07, 6.45) is 1.83. The molecule has 2 atom stereocenters. The summed E-state index contributed by atoms with van der Waals surface area (Å²) in [6.45, 7) is 8.34. The van der Waals surface area contributed by atoms with Gasteiger partial charge < -0.3 is 15.2 Å². The van der Waals surface area contributed by atoms with E-state index in [1.807, 2.05) is 50.2 Å². The maximum absolute atomic E-state index is 11.9. The van der Waals surface area contributed by atoms with Crippen molar-refractivity contribution in [2.45, 2.75) is 52.6 Å². The molecule has 2 aromatic rings. The van der Waals surface area contributed by atoms with Gasteiger partial charge in [0.15, 0.2) is 5.76 Å². The fourth-order valence-corrected chi connectivity index (χ4v) is 3.47. The molecule has 134 valence electrons. The maximum atomic E-state index is 11.9. The van der Waals surface area contributed by atoms with Crippen LogP contribution in [0.3, 0.4) is 0 Å². The van der Waals surface area contributed by atoms with E-state index in [-0.39, 0.29) is 23.5 Å². The van der Waals surface area contributed by atoms with Gasteiger partial charge in [0.1, 0.15) is 0 Å². The first-order valence-electron chi connectivity index (χ1n) is 8.94. The molecular weight excluding hydrogens is 314 g/mol. The average molecular weight is 341 g/mol. The van der Waals surface area contributed by atoms with Crippen LogP contribution in [0.4, 0.5) is 4.79 Å². The lowest BCUT2D eigenvalue weighted by atomic mass is 9.57. The number of carbonyl (C=O) groups excluding carboxylic acids is 1. The Hall–Kier alpha value is -2.30. The Labute approximate surface area is 149 Å². The molecule has 2 N–H and O–H groups in total. The molecule has 0 spiro atoms. The summed E-state index contributed by atoms with van der Waals surface area (Å²) in [5, 5.41) is 10.2. The molecule has 1 aliphatic carbocycles. The number of amides is 2. The van der Waals surface area contributed by atoms with Gasteiger partial charge in [-0.25, -0.2) is 4.79 Å². The number of benzene rings is 1. The summed E-state index contributed by atoms with van der Waals surface area (Å²) in [5.74, 6) is 1.28. The molecule has 0 aliphatic heterocycles. The van der Waals surface area contributed by atoms with Crippen LogP contribution in [0.25, 0.3) is 11.3 Å². The number of rotatable bonds is 5. The van der Waals surface area contributed by atoms with Gasteiger partial charge in [0.25, 0.3) is 0 Å². The fraction of sp³-hybridized carbons (Fsp3) is 0.500. The summed E-state index contributed by atoms with van der Waals surface area (Å²) >= 11 is 0. The van der Waals surface area contributed by atoms with Gasteiger partial charge in [-0.05, 0) is 38.0 Å². The first kappa shape index (κ1) is 17.5. The Morgan fingerprint density at radius 1 is 1.32 bits per heavy atom. The van der Waals surface area contributed by atoms with E-state index in [1.165, 1.54) is 0 Å². The van der Waals surface area contributed by atoms with Crippen LogP contribution in [0.5, 0.6) is 0 Å². The molecule has 1 aromatic carbocycles. The molecule has 25 heavy (non-hydrogen) atoms. The van der Waals surface area contributed by atoms with Crippen molar-refractivity contribution in [1.82, 2.24) is 15.8 Å². The number of hydrogen-bond donors (Lipinski definition) is 2. The topological polar surface area (TPSA) is 67.2 Å². The van der Waals surface area contributed by atoms with E-state index < -0.39 is 0 Å². The van der Waals surface area contributed by atoms with Crippen molar-refractivity contribution in [2.24, 2.45) is 11.3 Å². The van der Waals surface area contributed by atoms with E-state index in [4.69, 9.17) is 4.52 Å². The standard InChI is InChI=1S/C20H27N3O2/c1-13(2)21-19(24)22-18-11-15(20(18,3)4)10-16-12-17(25-23-16)14-8-6-5-7-9-14/h5-9,12-13,15,18H,10-11H2,1-4H3,(H2,21,22,24)/t15-,18+/m1/s1. The highest BCUT2D eigenvalue weighted by Gasteiger charge is 2.48. The smallest absolute Gasteiger partial charge is 0.315 e. The summed E-state index contributed by atoms with van der Waals surface area (Å²) in [5.41, 5.74) is 2.06. The van der Waals surface area contributed by atoms with E-state index in [2.05, 4.69) is 29.6 Å². The third-order valence-electron chi connectivity index (χ3n) is 5.27. The highest BCUT2D eigenvalue weighted by Crippen LogP contribution is 2.47. The molecule has 0 radical (unpaired) electrons. The highest BCUT2D eigenvalue weighted by atomic mass is 16.5. The van der Waals surface area contributed by atoms with Crippen molar-refractivity contribution in [1.29, 1.82) is 0 Å². The van der Waals surface area contributed by atoms with Crippen LogP contribution in [0.15, 0.2) is 40.9 Å². The van der Waals surface area contributed by atoms with E-state index in [9.17, 15) is 4.79 Å². The molecule has 0 unspecified atom stereocenters. The molecule has 1 saturated carbocycles. The molecule has 0 bridgehead atoms. The van der Waals surface area contributed by atoms with E-state index in [0.717, 1.165) is 29.9 Å². The summed E-state index contributed by atoms with van der Waals surface area (Å²) < 4.78 is 5.49. The number of carbonyl (C=O) groups is 1. The Morgan fingerprint density at radius 2 is 2.04 bits per heavy atom. The lowest BCUT2D eigenvalue weighted by Gasteiger charge is -2.52. The molecule has 1 aliphatic rings. The van der Waals surface area contributed by atoms with Crippen molar-refractivity contribution in [3.05, 3.63) is 42.1 Å². The molecule has 5 nitrogen and oxygen atoms in total. The van der Waals surface area contributed by atoms with Gasteiger partial charge in [0, 0.05) is 23.7 Å². The van der Waals surface area contributed by atoms with Crippen molar-refractivity contribution >= 4 is 6.03 Å². The van der Waals surface area contributed by atoms with Crippen LogP contribution in [0.2, 0.25) is 0 Å². The SMILES string of the molecule is CC(C)NC(=O)N[C@H]1C[C@@H](Cc2cc(-c3ccccc3)on2)C1(C)C. The minimum Gasteiger partial charge on any atom is -0.356 e. The van der Waals surface area contributed by atoms with Crippen molar-refractivity contribution in [3.63, 3.8) is 0 Å².